The number of hydrogen-bond donors (Lipinski definition) is 1. The van der Waals surface area contributed by atoms with Crippen molar-refractivity contribution >= 4 is 26.0 Å². The molecule has 0 aromatic rings. The lowest BCUT2D eigenvalue weighted by atomic mass is 10.0. The topological polar surface area (TPSA) is 112 Å². The number of piperazine rings is 1. The second-order valence-electron chi connectivity index (χ2n) is 4.65. The molecule has 2 atom stereocenters. The van der Waals surface area contributed by atoms with Gasteiger partial charge in [0.05, 0.1) is 25.0 Å². The zero-order chi connectivity index (χ0) is 15.0. The number of carbonyl (C=O) groups is 1. The zero-order valence-corrected chi connectivity index (χ0v) is 12.6. The largest absolute Gasteiger partial charge is 0.481 e. The maximum Gasteiger partial charge on any atom is 0.305 e. The fourth-order valence-electron chi connectivity index (χ4n) is 2.33. The molecule has 1 fully saturated rings. The average Bonchev–Trinajstić information content (AvgIpc) is 2.16. The molecule has 0 saturated carbocycles. The van der Waals surface area contributed by atoms with E-state index in [0.717, 1.165) is 21.1 Å². The van der Waals surface area contributed by atoms with Crippen LogP contribution >= 0.6 is 0 Å². The summed E-state index contributed by atoms with van der Waals surface area (Å²) in [5, 5.41) is 8.87. The van der Waals surface area contributed by atoms with Crippen LogP contribution in [-0.2, 0) is 24.8 Å². The van der Waals surface area contributed by atoms with Crippen LogP contribution in [0, 0.1) is 0 Å². The third-order valence-electron chi connectivity index (χ3n) is 3.16. The molecule has 0 spiro atoms. The van der Waals surface area contributed by atoms with Crippen LogP contribution in [0.2, 0.25) is 0 Å². The van der Waals surface area contributed by atoms with Gasteiger partial charge in [0.1, 0.15) is 0 Å². The Hall–Kier alpha value is -0.710. The van der Waals surface area contributed by atoms with Crippen LogP contribution in [0.3, 0.4) is 0 Å². The third-order valence-corrected chi connectivity index (χ3v) is 5.83. The Balaban J connectivity index is 3.14. The Bertz CT molecular complexity index is 555. The van der Waals surface area contributed by atoms with Crippen molar-refractivity contribution in [2.24, 2.45) is 0 Å². The summed E-state index contributed by atoms with van der Waals surface area (Å²) >= 11 is 0. The fraction of sp³-hybridized carbons (Fsp3) is 0.889. The van der Waals surface area contributed by atoms with Crippen molar-refractivity contribution in [3.63, 3.8) is 0 Å². The van der Waals surface area contributed by atoms with Crippen molar-refractivity contribution in [1.82, 2.24) is 8.61 Å². The predicted octanol–water partition coefficient (Wildman–Crippen LogP) is -1.24. The van der Waals surface area contributed by atoms with Gasteiger partial charge in [-0.25, -0.2) is 16.8 Å². The van der Waals surface area contributed by atoms with Gasteiger partial charge in [0, 0.05) is 19.1 Å². The zero-order valence-electron chi connectivity index (χ0n) is 11.0. The number of carboxylic acids is 1. The van der Waals surface area contributed by atoms with E-state index in [1.165, 1.54) is 6.92 Å². The molecule has 1 saturated heterocycles. The highest BCUT2D eigenvalue weighted by Crippen LogP contribution is 2.24. The molecule has 1 aliphatic heterocycles. The summed E-state index contributed by atoms with van der Waals surface area (Å²) in [5.41, 5.74) is 0. The molecular formula is C9H18N2O6S2. The fourth-order valence-corrected chi connectivity index (χ4v) is 4.64. The first-order valence-electron chi connectivity index (χ1n) is 5.60. The summed E-state index contributed by atoms with van der Waals surface area (Å²) < 4.78 is 48.7. The van der Waals surface area contributed by atoms with Gasteiger partial charge in [0.2, 0.25) is 20.0 Å². The molecule has 1 heterocycles. The highest BCUT2D eigenvalue weighted by Gasteiger charge is 2.42. The van der Waals surface area contributed by atoms with Crippen LogP contribution in [0.5, 0.6) is 0 Å². The number of hydrogen-bond acceptors (Lipinski definition) is 5. The molecule has 0 radical (unpaired) electrons. The van der Waals surface area contributed by atoms with Crippen molar-refractivity contribution in [3.8, 4) is 0 Å². The summed E-state index contributed by atoms with van der Waals surface area (Å²) in [6, 6.07) is -1.61. The molecule has 0 aromatic carbocycles. The van der Waals surface area contributed by atoms with Crippen LogP contribution < -0.4 is 0 Å². The van der Waals surface area contributed by atoms with Crippen LogP contribution in [0.15, 0.2) is 0 Å². The second-order valence-corrected chi connectivity index (χ2v) is 8.52. The van der Waals surface area contributed by atoms with Crippen molar-refractivity contribution in [3.05, 3.63) is 0 Å². The monoisotopic (exact) mass is 314 g/mol. The lowest BCUT2D eigenvalue weighted by Gasteiger charge is -2.43. The Morgan fingerprint density at radius 3 is 1.89 bits per heavy atom. The van der Waals surface area contributed by atoms with Crippen LogP contribution in [0.1, 0.15) is 13.3 Å². The maximum atomic E-state index is 11.6. The first-order chi connectivity index (χ1) is 8.44. The molecule has 112 valence electrons. The molecule has 10 heteroatoms. The van der Waals surface area contributed by atoms with Crippen molar-refractivity contribution in [2.45, 2.75) is 25.4 Å². The van der Waals surface area contributed by atoms with E-state index < -0.39 is 44.5 Å². The summed E-state index contributed by atoms with van der Waals surface area (Å²) in [4.78, 5) is 10.9. The minimum atomic E-state index is -3.57. The minimum absolute atomic E-state index is 0.0309. The van der Waals surface area contributed by atoms with Gasteiger partial charge < -0.3 is 5.11 Å². The number of nitrogens with zero attached hydrogens (tertiary/aromatic N) is 2. The molecule has 1 rings (SSSR count). The molecule has 0 amide bonds. The highest BCUT2D eigenvalue weighted by atomic mass is 32.2. The molecular weight excluding hydrogens is 296 g/mol. The van der Waals surface area contributed by atoms with Gasteiger partial charge >= 0.3 is 5.97 Å². The number of sulfonamides is 2. The smallest absolute Gasteiger partial charge is 0.305 e. The number of aliphatic carboxylic acids is 1. The SMILES string of the molecule is C[C@H]1[C@H](CC(=O)O)N(S(C)(=O)=O)CCN1S(C)(=O)=O. The predicted molar refractivity (Wildman–Crippen MR) is 68.6 cm³/mol. The van der Waals surface area contributed by atoms with E-state index in [1.807, 2.05) is 0 Å². The molecule has 0 aromatic heterocycles. The van der Waals surface area contributed by atoms with Crippen LogP contribution in [-0.4, -0.2) is 74.2 Å². The normalized spacial score (nSPS) is 27.3. The van der Waals surface area contributed by atoms with Gasteiger partial charge in [-0.1, -0.05) is 0 Å². The quantitative estimate of drug-likeness (QED) is 0.694. The summed E-state index contributed by atoms with van der Waals surface area (Å²) in [6.07, 6.45) is 1.59. The van der Waals surface area contributed by atoms with Crippen LogP contribution in [0.4, 0.5) is 0 Å². The van der Waals surface area contributed by atoms with Gasteiger partial charge in [-0.05, 0) is 6.92 Å². The van der Waals surface area contributed by atoms with E-state index in [9.17, 15) is 21.6 Å². The molecule has 1 N–H and O–H groups in total. The van der Waals surface area contributed by atoms with Gasteiger partial charge in [0.25, 0.3) is 0 Å². The highest BCUT2D eigenvalue weighted by molar-refractivity contribution is 7.88. The molecule has 0 bridgehead atoms. The first-order valence-corrected chi connectivity index (χ1v) is 9.29. The number of rotatable bonds is 4. The maximum absolute atomic E-state index is 11.6. The van der Waals surface area contributed by atoms with E-state index in [-0.39, 0.29) is 13.1 Å². The molecule has 0 unspecified atom stereocenters. The molecule has 19 heavy (non-hydrogen) atoms. The Labute approximate surface area is 113 Å². The van der Waals surface area contributed by atoms with Crippen molar-refractivity contribution < 1.29 is 26.7 Å². The van der Waals surface area contributed by atoms with Gasteiger partial charge in [-0.2, -0.15) is 8.61 Å². The van der Waals surface area contributed by atoms with Gasteiger partial charge in [0.15, 0.2) is 0 Å². The van der Waals surface area contributed by atoms with Crippen molar-refractivity contribution in [2.75, 3.05) is 25.6 Å². The Morgan fingerprint density at radius 1 is 1.11 bits per heavy atom. The van der Waals surface area contributed by atoms with E-state index in [2.05, 4.69) is 0 Å². The third kappa shape index (κ3) is 3.88. The molecule has 0 aliphatic carbocycles. The second kappa shape index (κ2) is 5.35. The molecule has 1 aliphatic rings. The minimum Gasteiger partial charge on any atom is -0.481 e. The number of carboxylic acid groups (broad SMARTS) is 1. The van der Waals surface area contributed by atoms with E-state index in [4.69, 9.17) is 5.11 Å². The summed E-state index contributed by atoms with van der Waals surface area (Å²) in [5.74, 6) is -1.17. The van der Waals surface area contributed by atoms with Crippen molar-refractivity contribution in [1.29, 1.82) is 0 Å². The average molecular weight is 314 g/mol. The van der Waals surface area contributed by atoms with E-state index in [1.54, 1.807) is 0 Å². The summed E-state index contributed by atoms with van der Waals surface area (Å²) in [7, 11) is -7.07. The lowest BCUT2D eigenvalue weighted by Crippen LogP contribution is -2.61. The Morgan fingerprint density at radius 2 is 1.53 bits per heavy atom. The van der Waals surface area contributed by atoms with E-state index >= 15 is 0 Å². The van der Waals surface area contributed by atoms with E-state index in [0.29, 0.717) is 0 Å². The lowest BCUT2D eigenvalue weighted by molar-refractivity contribution is -0.138. The van der Waals surface area contributed by atoms with Gasteiger partial charge in [-0.3, -0.25) is 4.79 Å². The molecule has 8 nitrogen and oxygen atoms in total. The summed E-state index contributed by atoms with van der Waals surface area (Å²) in [6.45, 7) is 1.52. The Kier molecular flexibility index (Phi) is 4.60. The van der Waals surface area contributed by atoms with Crippen LogP contribution in [0.25, 0.3) is 0 Å². The first kappa shape index (κ1) is 16.3. The standard InChI is InChI=1S/C9H18N2O6S2/c1-7-8(6-9(12)13)11(19(3,16)17)5-4-10(7)18(2,14)15/h7-8H,4-6H2,1-3H3,(H,12,13)/t7-,8-/m0/s1. The van der Waals surface area contributed by atoms with Gasteiger partial charge in [-0.15, -0.1) is 0 Å².